The van der Waals surface area contributed by atoms with Crippen LogP contribution in [0.4, 0.5) is 8.78 Å². The molecule has 0 heterocycles. The smallest absolute Gasteiger partial charge is 0.376 e. The largest absolute Gasteiger partial charge is 0.461 e. The summed E-state index contributed by atoms with van der Waals surface area (Å²) in [4.78, 5) is 10.8. The summed E-state index contributed by atoms with van der Waals surface area (Å²) in [5, 5.41) is 0. The van der Waals surface area contributed by atoms with Gasteiger partial charge in [-0.3, -0.25) is 0 Å². The molecule has 2 aliphatic rings. The van der Waals surface area contributed by atoms with Crippen LogP contribution in [0.2, 0.25) is 0 Å². The van der Waals surface area contributed by atoms with Crippen molar-refractivity contribution in [3.63, 3.8) is 0 Å². The molecule has 0 radical (unpaired) electrons. The van der Waals surface area contributed by atoms with Crippen molar-refractivity contribution in [2.24, 2.45) is 17.8 Å². The Kier molecular flexibility index (Phi) is 2.52. The van der Waals surface area contributed by atoms with Gasteiger partial charge in [-0.2, -0.15) is 8.78 Å². The van der Waals surface area contributed by atoms with Gasteiger partial charge in [-0.05, 0) is 30.6 Å². The van der Waals surface area contributed by atoms with Crippen LogP contribution in [-0.4, -0.2) is 18.5 Å². The normalized spacial score (nSPS) is 33.4. The molecule has 0 aliphatic heterocycles. The number of carbonyl (C=O) groups excluding carboxylic acids is 1. The fourth-order valence-electron chi connectivity index (χ4n) is 2.40. The number of halogens is 2. The standard InChI is InChI=1S/C11H14F2O2/c1-11(12,13)10(14)15-6-9-5-7-2-3-8(9)4-7/h2-3,7-9H,4-6H2,1H3. The number of hydrogen-bond acceptors (Lipinski definition) is 2. The molecule has 0 amide bonds. The maximum absolute atomic E-state index is 12.5. The molecule has 84 valence electrons. The van der Waals surface area contributed by atoms with Gasteiger partial charge in [0.25, 0.3) is 0 Å². The minimum atomic E-state index is -3.37. The number of allylic oxidation sites excluding steroid dienone is 2. The van der Waals surface area contributed by atoms with Gasteiger partial charge in [0.05, 0.1) is 6.61 Å². The third kappa shape index (κ3) is 2.19. The molecule has 0 aromatic rings. The number of esters is 1. The summed E-state index contributed by atoms with van der Waals surface area (Å²) in [6.07, 6.45) is 6.32. The Morgan fingerprint density at radius 2 is 2.20 bits per heavy atom. The van der Waals surface area contributed by atoms with E-state index in [9.17, 15) is 13.6 Å². The lowest BCUT2D eigenvalue weighted by Gasteiger charge is -2.18. The maximum Gasteiger partial charge on any atom is 0.376 e. The Labute approximate surface area is 87.3 Å². The molecule has 3 unspecified atom stereocenters. The van der Waals surface area contributed by atoms with Crippen molar-refractivity contribution < 1.29 is 18.3 Å². The van der Waals surface area contributed by atoms with Crippen LogP contribution in [0.15, 0.2) is 12.2 Å². The number of rotatable bonds is 3. The molecule has 1 fully saturated rings. The van der Waals surface area contributed by atoms with E-state index < -0.39 is 11.9 Å². The van der Waals surface area contributed by atoms with Crippen molar-refractivity contribution in [3.05, 3.63) is 12.2 Å². The van der Waals surface area contributed by atoms with Crippen molar-refractivity contribution in [3.8, 4) is 0 Å². The first-order chi connectivity index (χ1) is 6.97. The second-order valence-electron chi connectivity index (χ2n) is 4.53. The van der Waals surface area contributed by atoms with E-state index in [1.165, 1.54) is 0 Å². The second kappa shape index (κ2) is 3.58. The first kappa shape index (κ1) is 10.6. The van der Waals surface area contributed by atoms with Gasteiger partial charge in [0.1, 0.15) is 0 Å². The van der Waals surface area contributed by atoms with E-state index in [1.54, 1.807) is 0 Å². The molecule has 2 nitrogen and oxygen atoms in total. The number of hydrogen-bond donors (Lipinski definition) is 0. The molecule has 0 aromatic heterocycles. The summed E-state index contributed by atoms with van der Waals surface area (Å²) < 4.78 is 29.6. The van der Waals surface area contributed by atoms with Gasteiger partial charge in [-0.1, -0.05) is 12.2 Å². The van der Waals surface area contributed by atoms with Gasteiger partial charge in [-0.25, -0.2) is 4.79 Å². The molecule has 1 saturated carbocycles. The van der Waals surface area contributed by atoms with E-state index in [0.717, 1.165) is 12.8 Å². The summed E-state index contributed by atoms with van der Waals surface area (Å²) >= 11 is 0. The van der Waals surface area contributed by atoms with Crippen molar-refractivity contribution in [1.82, 2.24) is 0 Å². The molecule has 2 aliphatic carbocycles. The zero-order valence-electron chi connectivity index (χ0n) is 8.58. The van der Waals surface area contributed by atoms with Crippen LogP contribution in [0.25, 0.3) is 0 Å². The summed E-state index contributed by atoms with van der Waals surface area (Å²) in [7, 11) is 0. The number of fused-ring (bicyclic) bond motifs is 2. The summed E-state index contributed by atoms with van der Waals surface area (Å²) in [5.41, 5.74) is 0. The maximum atomic E-state index is 12.5. The van der Waals surface area contributed by atoms with Crippen molar-refractivity contribution in [2.75, 3.05) is 6.61 Å². The second-order valence-corrected chi connectivity index (χ2v) is 4.53. The average Bonchev–Trinajstić information content (AvgIpc) is 2.73. The lowest BCUT2D eigenvalue weighted by atomic mass is 9.95. The predicted octanol–water partition coefficient (Wildman–Crippen LogP) is 2.40. The molecule has 3 atom stereocenters. The molecule has 0 saturated heterocycles. The highest BCUT2D eigenvalue weighted by atomic mass is 19.3. The highest BCUT2D eigenvalue weighted by Gasteiger charge is 2.39. The quantitative estimate of drug-likeness (QED) is 0.535. The van der Waals surface area contributed by atoms with Gasteiger partial charge in [0, 0.05) is 6.92 Å². The third-order valence-corrected chi connectivity index (χ3v) is 3.20. The van der Waals surface area contributed by atoms with E-state index in [-0.39, 0.29) is 12.5 Å². The first-order valence-electron chi connectivity index (χ1n) is 5.20. The molecular weight excluding hydrogens is 202 g/mol. The SMILES string of the molecule is CC(F)(F)C(=O)OCC1CC2C=CC1C2. The van der Waals surface area contributed by atoms with E-state index >= 15 is 0 Å². The Balaban J connectivity index is 1.80. The fraction of sp³-hybridized carbons (Fsp3) is 0.727. The van der Waals surface area contributed by atoms with Gasteiger partial charge in [-0.15, -0.1) is 0 Å². The van der Waals surface area contributed by atoms with Crippen molar-refractivity contribution >= 4 is 5.97 Å². The molecule has 4 heteroatoms. The van der Waals surface area contributed by atoms with Gasteiger partial charge in [0.15, 0.2) is 0 Å². The van der Waals surface area contributed by atoms with Crippen LogP contribution >= 0.6 is 0 Å². The van der Waals surface area contributed by atoms with Crippen LogP contribution in [-0.2, 0) is 9.53 Å². The van der Waals surface area contributed by atoms with Gasteiger partial charge < -0.3 is 4.74 Å². The van der Waals surface area contributed by atoms with Gasteiger partial charge in [0.2, 0.25) is 0 Å². The lowest BCUT2D eigenvalue weighted by molar-refractivity contribution is -0.170. The van der Waals surface area contributed by atoms with E-state index in [2.05, 4.69) is 16.9 Å². The molecule has 0 spiro atoms. The van der Waals surface area contributed by atoms with Crippen LogP contribution in [0.1, 0.15) is 19.8 Å². The van der Waals surface area contributed by atoms with E-state index in [0.29, 0.717) is 18.8 Å². The molecular formula is C11H14F2O2. The Morgan fingerprint density at radius 3 is 2.67 bits per heavy atom. The Morgan fingerprint density at radius 1 is 1.47 bits per heavy atom. The molecule has 2 rings (SSSR count). The van der Waals surface area contributed by atoms with Crippen LogP contribution < -0.4 is 0 Å². The fourth-order valence-corrected chi connectivity index (χ4v) is 2.40. The van der Waals surface area contributed by atoms with Crippen LogP contribution in [0.5, 0.6) is 0 Å². The summed E-state index contributed by atoms with van der Waals surface area (Å²) in [6.45, 7) is 0.698. The first-order valence-corrected chi connectivity index (χ1v) is 5.20. The molecule has 0 N–H and O–H groups in total. The minimum absolute atomic E-state index is 0.133. The average molecular weight is 216 g/mol. The Hall–Kier alpha value is -0.930. The monoisotopic (exact) mass is 216 g/mol. The van der Waals surface area contributed by atoms with Gasteiger partial charge >= 0.3 is 11.9 Å². The summed E-state index contributed by atoms with van der Waals surface area (Å²) in [5.74, 6) is -3.54. The topological polar surface area (TPSA) is 26.3 Å². The number of alkyl halides is 2. The van der Waals surface area contributed by atoms with E-state index in [1.807, 2.05) is 0 Å². The molecule has 15 heavy (non-hydrogen) atoms. The Bertz CT molecular complexity index is 293. The minimum Gasteiger partial charge on any atom is -0.461 e. The van der Waals surface area contributed by atoms with Crippen molar-refractivity contribution in [2.45, 2.75) is 25.7 Å². The zero-order valence-corrected chi connectivity index (χ0v) is 8.58. The highest BCUT2D eigenvalue weighted by molar-refractivity contribution is 5.76. The van der Waals surface area contributed by atoms with Crippen LogP contribution in [0, 0.1) is 17.8 Å². The number of carbonyl (C=O) groups is 1. The predicted molar refractivity (Wildman–Crippen MR) is 50.4 cm³/mol. The van der Waals surface area contributed by atoms with Crippen LogP contribution in [0.3, 0.4) is 0 Å². The van der Waals surface area contributed by atoms with E-state index in [4.69, 9.17) is 0 Å². The highest BCUT2D eigenvalue weighted by Crippen LogP contribution is 2.43. The lowest BCUT2D eigenvalue weighted by Crippen LogP contribution is -2.29. The summed E-state index contributed by atoms with van der Waals surface area (Å²) in [6, 6.07) is 0. The third-order valence-electron chi connectivity index (χ3n) is 3.20. The molecule has 0 aromatic carbocycles. The number of ether oxygens (including phenoxy) is 1. The zero-order chi connectivity index (χ0) is 11.1. The van der Waals surface area contributed by atoms with Crippen molar-refractivity contribution in [1.29, 1.82) is 0 Å². The molecule has 2 bridgehead atoms.